The van der Waals surface area contributed by atoms with E-state index in [0.29, 0.717) is 6.54 Å². The number of urea groups is 1. The lowest BCUT2D eigenvalue weighted by atomic mass is 10.0. The second-order valence-electron chi connectivity index (χ2n) is 7.01. The number of carbonyl (C=O) groups excluding carboxylic acids is 1. The van der Waals surface area contributed by atoms with Crippen LogP contribution < -0.4 is 5.32 Å². The molecule has 0 bridgehead atoms. The molecule has 21 heavy (non-hydrogen) atoms. The van der Waals surface area contributed by atoms with Crippen LogP contribution in [0, 0.1) is 0 Å². The Kier molecular flexibility index (Phi) is 5.27. The maximum atomic E-state index is 12.4. The van der Waals surface area contributed by atoms with Crippen LogP contribution in [0.5, 0.6) is 0 Å². The molecule has 0 radical (unpaired) electrons. The first-order chi connectivity index (χ1) is 9.85. The van der Waals surface area contributed by atoms with Crippen molar-refractivity contribution in [1.29, 1.82) is 0 Å². The van der Waals surface area contributed by atoms with Crippen LogP contribution in [0.4, 0.5) is 4.79 Å². The minimum atomic E-state index is -0.683. The van der Waals surface area contributed by atoms with Gasteiger partial charge in [0, 0.05) is 38.3 Å². The smallest absolute Gasteiger partial charge is 0.318 e. The van der Waals surface area contributed by atoms with Crippen molar-refractivity contribution in [3.05, 3.63) is 12.2 Å². The van der Waals surface area contributed by atoms with Crippen molar-refractivity contribution in [2.45, 2.75) is 57.7 Å². The molecule has 2 amide bonds. The van der Waals surface area contributed by atoms with Crippen LogP contribution in [-0.4, -0.2) is 64.8 Å². The summed E-state index contributed by atoms with van der Waals surface area (Å²) >= 11 is 0. The van der Waals surface area contributed by atoms with Gasteiger partial charge in [-0.05, 0) is 40.0 Å². The number of nitrogens with zero attached hydrogens (tertiary/aromatic N) is 2. The van der Waals surface area contributed by atoms with Crippen molar-refractivity contribution < 1.29 is 9.90 Å². The Morgan fingerprint density at radius 1 is 1.43 bits per heavy atom. The second kappa shape index (κ2) is 6.79. The molecule has 0 aromatic carbocycles. The van der Waals surface area contributed by atoms with Crippen LogP contribution in [0.1, 0.15) is 40.0 Å². The van der Waals surface area contributed by atoms with E-state index in [1.807, 2.05) is 18.7 Å². The Hall–Kier alpha value is -1.07. The third-order valence-electron chi connectivity index (χ3n) is 4.15. The lowest BCUT2D eigenvalue weighted by Gasteiger charge is -2.42. The second-order valence-corrected chi connectivity index (χ2v) is 7.01. The van der Waals surface area contributed by atoms with E-state index in [0.717, 1.165) is 38.9 Å². The Labute approximate surface area is 128 Å². The summed E-state index contributed by atoms with van der Waals surface area (Å²) in [5, 5.41) is 13.0. The van der Waals surface area contributed by atoms with E-state index in [1.165, 1.54) is 0 Å². The summed E-state index contributed by atoms with van der Waals surface area (Å²) in [7, 11) is 0. The monoisotopic (exact) mass is 295 g/mol. The van der Waals surface area contributed by atoms with Crippen LogP contribution >= 0.6 is 0 Å². The molecule has 1 heterocycles. The highest BCUT2D eigenvalue weighted by molar-refractivity contribution is 5.75. The molecule has 0 saturated carbocycles. The third-order valence-corrected chi connectivity index (χ3v) is 4.15. The van der Waals surface area contributed by atoms with E-state index in [-0.39, 0.29) is 18.1 Å². The van der Waals surface area contributed by atoms with Gasteiger partial charge in [-0.3, -0.25) is 4.90 Å². The van der Waals surface area contributed by atoms with Gasteiger partial charge < -0.3 is 15.3 Å². The van der Waals surface area contributed by atoms with Crippen LogP contribution in [-0.2, 0) is 0 Å². The molecule has 2 aliphatic rings. The van der Waals surface area contributed by atoms with Gasteiger partial charge in [0.25, 0.3) is 0 Å². The highest BCUT2D eigenvalue weighted by atomic mass is 16.3. The van der Waals surface area contributed by atoms with Crippen LogP contribution in [0.3, 0.4) is 0 Å². The zero-order valence-corrected chi connectivity index (χ0v) is 13.5. The van der Waals surface area contributed by atoms with Gasteiger partial charge in [-0.1, -0.05) is 12.2 Å². The van der Waals surface area contributed by atoms with E-state index in [1.54, 1.807) is 0 Å². The van der Waals surface area contributed by atoms with Crippen molar-refractivity contribution in [2.24, 2.45) is 0 Å². The zero-order valence-electron chi connectivity index (χ0n) is 13.5. The molecule has 120 valence electrons. The Morgan fingerprint density at radius 3 is 2.76 bits per heavy atom. The number of aliphatic hydroxyl groups is 1. The van der Waals surface area contributed by atoms with Crippen LogP contribution in [0.15, 0.2) is 12.2 Å². The number of rotatable bonds is 3. The molecule has 0 unspecified atom stereocenters. The molecule has 1 fully saturated rings. The lowest BCUT2D eigenvalue weighted by molar-refractivity contribution is 0.0118. The molecule has 1 aliphatic carbocycles. The summed E-state index contributed by atoms with van der Waals surface area (Å²) in [4.78, 5) is 16.5. The molecule has 2 rings (SSSR count). The summed E-state index contributed by atoms with van der Waals surface area (Å²) in [6.45, 7) is 8.74. The minimum Gasteiger partial charge on any atom is -0.389 e. The highest BCUT2D eigenvalue weighted by Crippen LogP contribution is 2.15. The molecule has 2 atom stereocenters. The van der Waals surface area contributed by atoms with Crippen LogP contribution in [0.25, 0.3) is 0 Å². The number of β-amino-alcohol motifs (C(OH)–C–C–N with tert-alkyl or cyclic N) is 1. The Balaban J connectivity index is 1.83. The summed E-state index contributed by atoms with van der Waals surface area (Å²) in [6, 6.07) is 0.406. The fourth-order valence-corrected chi connectivity index (χ4v) is 3.20. The SMILES string of the molecule is C[C@H]1CN(CC(C)(C)O)CCN1C(=O)N[C@H]1C=CCCC1. The zero-order chi connectivity index (χ0) is 15.5. The van der Waals surface area contributed by atoms with E-state index in [2.05, 4.69) is 29.3 Å². The van der Waals surface area contributed by atoms with E-state index < -0.39 is 5.60 Å². The van der Waals surface area contributed by atoms with Crippen molar-refractivity contribution in [3.63, 3.8) is 0 Å². The summed E-state index contributed by atoms with van der Waals surface area (Å²) in [6.07, 6.45) is 7.57. The molecule has 1 saturated heterocycles. The number of piperazine rings is 1. The average Bonchev–Trinajstić information content (AvgIpc) is 2.37. The highest BCUT2D eigenvalue weighted by Gasteiger charge is 2.30. The van der Waals surface area contributed by atoms with Gasteiger partial charge in [-0.2, -0.15) is 0 Å². The number of amides is 2. The molecule has 0 aromatic rings. The number of carbonyl (C=O) groups is 1. The average molecular weight is 295 g/mol. The molecular formula is C16H29N3O2. The maximum absolute atomic E-state index is 12.4. The molecule has 1 aliphatic heterocycles. The van der Waals surface area contributed by atoms with E-state index in [4.69, 9.17) is 0 Å². The Morgan fingerprint density at radius 2 is 2.19 bits per heavy atom. The quantitative estimate of drug-likeness (QED) is 0.777. The summed E-state index contributed by atoms with van der Waals surface area (Å²) < 4.78 is 0. The molecule has 5 nitrogen and oxygen atoms in total. The third kappa shape index (κ3) is 5.00. The predicted molar refractivity (Wildman–Crippen MR) is 84.2 cm³/mol. The number of hydrogen-bond donors (Lipinski definition) is 2. The molecule has 0 aromatic heterocycles. The predicted octanol–water partition coefficient (Wildman–Crippen LogP) is 1.58. The van der Waals surface area contributed by atoms with Gasteiger partial charge in [0.15, 0.2) is 0 Å². The largest absolute Gasteiger partial charge is 0.389 e. The minimum absolute atomic E-state index is 0.0435. The van der Waals surface area contributed by atoms with Gasteiger partial charge in [-0.15, -0.1) is 0 Å². The standard InChI is InChI=1S/C16H29N3O2/c1-13-11-18(12-16(2,3)21)9-10-19(13)15(20)17-14-7-5-4-6-8-14/h5,7,13-14,21H,4,6,8-12H2,1-3H3,(H,17,20)/t13-,14-/m0/s1. The van der Waals surface area contributed by atoms with Crippen molar-refractivity contribution >= 4 is 6.03 Å². The number of hydrogen-bond acceptors (Lipinski definition) is 3. The number of allylic oxidation sites excluding steroid dienone is 1. The van der Waals surface area contributed by atoms with Crippen LogP contribution in [0.2, 0.25) is 0 Å². The van der Waals surface area contributed by atoms with Crippen molar-refractivity contribution in [1.82, 2.24) is 15.1 Å². The first-order valence-corrected chi connectivity index (χ1v) is 8.04. The summed E-state index contributed by atoms with van der Waals surface area (Å²) in [5.41, 5.74) is -0.683. The van der Waals surface area contributed by atoms with Gasteiger partial charge in [0.05, 0.1) is 5.60 Å². The van der Waals surface area contributed by atoms with Gasteiger partial charge in [0.1, 0.15) is 0 Å². The topological polar surface area (TPSA) is 55.8 Å². The first-order valence-electron chi connectivity index (χ1n) is 8.04. The van der Waals surface area contributed by atoms with Gasteiger partial charge >= 0.3 is 6.03 Å². The first kappa shape index (κ1) is 16.3. The normalized spacial score (nSPS) is 27.7. The van der Waals surface area contributed by atoms with Crippen molar-refractivity contribution in [2.75, 3.05) is 26.2 Å². The maximum Gasteiger partial charge on any atom is 0.318 e. The molecule has 0 spiro atoms. The Bertz CT molecular complexity index is 389. The van der Waals surface area contributed by atoms with Gasteiger partial charge in [-0.25, -0.2) is 4.79 Å². The molecule has 5 heteroatoms. The molecular weight excluding hydrogens is 266 g/mol. The summed E-state index contributed by atoms with van der Waals surface area (Å²) in [5.74, 6) is 0. The lowest BCUT2D eigenvalue weighted by Crippen LogP contribution is -2.59. The van der Waals surface area contributed by atoms with E-state index >= 15 is 0 Å². The van der Waals surface area contributed by atoms with E-state index in [9.17, 15) is 9.90 Å². The molecule has 2 N–H and O–H groups in total. The van der Waals surface area contributed by atoms with Crippen molar-refractivity contribution in [3.8, 4) is 0 Å². The fourth-order valence-electron chi connectivity index (χ4n) is 3.20. The number of nitrogens with one attached hydrogen (secondary N) is 1. The van der Waals surface area contributed by atoms with Gasteiger partial charge in [0.2, 0.25) is 0 Å². The fraction of sp³-hybridized carbons (Fsp3) is 0.812.